The summed E-state index contributed by atoms with van der Waals surface area (Å²) in [5.74, 6) is 1.38. The predicted molar refractivity (Wildman–Crippen MR) is 75.9 cm³/mol. The first-order valence-corrected chi connectivity index (χ1v) is 6.29. The molecule has 94 valence electrons. The van der Waals surface area contributed by atoms with Crippen molar-refractivity contribution in [1.29, 1.82) is 0 Å². The highest BCUT2D eigenvalue weighted by molar-refractivity contribution is 9.10. The molecule has 0 bridgehead atoms. The van der Waals surface area contributed by atoms with Gasteiger partial charge in [-0.3, -0.25) is 0 Å². The first-order valence-electron chi connectivity index (χ1n) is 5.50. The van der Waals surface area contributed by atoms with Crippen LogP contribution < -0.4 is 15.2 Å². The molecule has 0 spiro atoms. The summed E-state index contributed by atoms with van der Waals surface area (Å²) in [5.41, 5.74) is 7.48. The quantitative estimate of drug-likeness (QED) is 0.877. The normalized spacial score (nSPS) is 10.1. The summed E-state index contributed by atoms with van der Waals surface area (Å²) in [7, 11) is 1.59. The van der Waals surface area contributed by atoms with Gasteiger partial charge in [0, 0.05) is 16.1 Å². The highest BCUT2D eigenvalue weighted by atomic mass is 79.9. The molecule has 2 N–H and O–H groups in total. The number of benzene rings is 2. The van der Waals surface area contributed by atoms with Gasteiger partial charge in [-0.05, 0) is 18.2 Å². The second-order valence-electron chi connectivity index (χ2n) is 3.78. The van der Waals surface area contributed by atoms with Crippen molar-refractivity contribution >= 4 is 21.6 Å². The summed E-state index contributed by atoms with van der Waals surface area (Å²) in [5, 5.41) is 0. The Labute approximate surface area is 115 Å². The minimum atomic E-state index is 0.493. The van der Waals surface area contributed by atoms with Gasteiger partial charge in [0.2, 0.25) is 0 Å². The maximum absolute atomic E-state index is 5.82. The van der Waals surface area contributed by atoms with Crippen LogP contribution in [0, 0.1) is 0 Å². The number of anilines is 1. The van der Waals surface area contributed by atoms with Gasteiger partial charge in [-0.1, -0.05) is 34.1 Å². The molecule has 0 fully saturated rings. The van der Waals surface area contributed by atoms with Gasteiger partial charge >= 0.3 is 0 Å². The van der Waals surface area contributed by atoms with Crippen LogP contribution in [0.25, 0.3) is 0 Å². The molecule has 0 unspecified atom stereocenters. The number of ether oxygens (including phenoxy) is 2. The number of nitrogens with two attached hydrogens (primary N) is 1. The molecule has 0 amide bonds. The van der Waals surface area contributed by atoms with Gasteiger partial charge in [-0.15, -0.1) is 0 Å². The molecule has 0 saturated carbocycles. The molecule has 0 aliphatic carbocycles. The van der Waals surface area contributed by atoms with Crippen LogP contribution >= 0.6 is 15.9 Å². The van der Waals surface area contributed by atoms with E-state index in [4.69, 9.17) is 15.2 Å². The van der Waals surface area contributed by atoms with Crippen molar-refractivity contribution < 1.29 is 9.47 Å². The summed E-state index contributed by atoms with van der Waals surface area (Å²) in [6.45, 7) is 0.493. The molecule has 2 aromatic carbocycles. The third-order valence-corrected chi connectivity index (χ3v) is 3.33. The molecule has 0 aromatic heterocycles. The van der Waals surface area contributed by atoms with E-state index in [0.29, 0.717) is 18.0 Å². The van der Waals surface area contributed by atoms with Gasteiger partial charge < -0.3 is 15.2 Å². The molecule has 0 radical (unpaired) electrons. The van der Waals surface area contributed by atoms with Gasteiger partial charge in [-0.2, -0.15) is 0 Å². The summed E-state index contributed by atoms with van der Waals surface area (Å²) >= 11 is 3.48. The molecular formula is C14H14BrNO2. The summed E-state index contributed by atoms with van der Waals surface area (Å²) in [6.07, 6.45) is 0. The maximum Gasteiger partial charge on any atom is 0.142 e. The lowest BCUT2D eigenvalue weighted by Crippen LogP contribution is -1.98. The summed E-state index contributed by atoms with van der Waals surface area (Å²) in [4.78, 5) is 0. The molecule has 0 aliphatic heterocycles. The van der Waals surface area contributed by atoms with E-state index < -0.39 is 0 Å². The highest BCUT2D eigenvalue weighted by Gasteiger charge is 2.03. The van der Waals surface area contributed by atoms with Gasteiger partial charge in [0.1, 0.15) is 18.1 Å². The fraction of sp³-hybridized carbons (Fsp3) is 0.143. The van der Waals surface area contributed by atoms with Crippen LogP contribution in [0.5, 0.6) is 11.5 Å². The van der Waals surface area contributed by atoms with E-state index in [1.54, 1.807) is 19.2 Å². The van der Waals surface area contributed by atoms with Crippen LogP contribution in [0.3, 0.4) is 0 Å². The van der Waals surface area contributed by atoms with E-state index in [0.717, 1.165) is 15.8 Å². The zero-order chi connectivity index (χ0) is 13.0. The van der Waals surface area contributed by atoms with Crippen molar-refractivity contribution in [3.8, 4) is 11.5 Å². The number of nitrogen functional groups attached to an aromatic ring is 1. The minimum Gasteiger partial charge on any atom is -0.495 e. The first kappa shape index (κ1) is 12.8. The van der Waals surface area contributed by atoms with Gasteiger partial charge in [0.05, 0.1) is 12.8 Å². The summed E-state index contributed by atoms with van der Waals surface area (Å²) in [6, 6.07) is 13.3. The Hall–Kier alpha value is -1.68. The number of methoxy groups -OCH3 is 1. The molecule has 0 aliphatic rings. The molecule has 0 atom stereocenters. The molecule has 2 rings (SSSR count). The smallest absolute Gasteiger partial charge is 0.142 e. The van der Waals surface area contributed by atoms with Crippen LogP contribution in [0.15, 0.2) is 46.9 Å². The van der Waals surface area contributed by atoms with Crippen LogP contribution in [0.2, 0.25) is 0 Å². The fourth-order valence-electron chi connectivity index (χ4n) is 1.58. The Morgan fingerprint density at radius 2 is 1.94 bits per heavy atom. The molecule has 2 aromatic rings. The number of rotatable bonds is 4. The SMILES string of the molecule is COc1ccc(OCc2ccccc2Br)cc1N. The fourth-order valence-corrected chi connectivity index (χ4v) is 1.98. The summed E-state index contributed by atoms with van der Waals surface area (Å²) < 4.78 is 11.8. The first-order chi connectivity index (χ1) is 8.70. The van der Waals surface area contributed by atoms with E-state index in [2.05, 4.69) is 15.9 Å². The standard InChI is InChI=1S/C14H14BrNO2/c1-17-14-7-6-11(8-13(14)16)18-9-10-4-2-3-5-12(10)15/h2-8H,9,16H2,1H3. The van der Waals surface area contributed by atoms with E-state index >= 15 is 0 Å². The Morgan fingerprint density at radius 1 is 1.17 bits per heavy atom. The molecule has 18 heavy (non-hydrogen) atoms. The van der Waals surface area contributed by atoms with Crippen LogP contribution in [0.4, 0.5) is 5.69 Å². The van der Waals surface area contributed by atoms with E-state index in [9.17, 15) is 0 Å². The molecule has 4 heteroatoms. The third-order valence-electron chi connectivity index (χ3n) is 2.55. The van der Waals surface area contributed by atoms with Crippen molar-refractivity contribution in [1.82, 2.24) is 0 Å². The number of hydrogen-bond acceptors (Lipinski definition) is 3. The lowest BCUT2D eigenvalue weighted by Gasteiger charge is -2.10. The largest absolute Gasteiger partial charge is 0.495 e. The monoisotopic (exact) mass is 307 g/mol. The van der Waals surface area contributed by atoms with E-state index in [1.165, 1.54) is 0 Å². The average Bonchev–Trinajstić information content (AvgIpc) is 2.38. The number of halogens is 1. The zero-order valence-corrected chi connectivity index (χ0v) is 11.6. The molecule has 0 saturated heterocycles. The topological polar surface area (TPSA) is 44.5 Å². The average molecular weight is 308 g/mol. The Balaban J connectivity index is 2.07. The second-order valence-corrected chi connectivity index (χ2v) is 4.64. The minimum absolute atomic E-state index is 0.493. The Bertz CT molecular complexity index is 543. The van der Waals surface area contributed by atoms with Gasteiger partial charge in [0.25, 0.3) is 0 Å². The van der Waals surface area contributed by atoms with Gasteiger partial charge in [0.15, 0.2) is 0 Å². The van der Waals surface area contributed by atoms with Crippen LogP contribution in [-0.4, -0.2) is 7.11 Å². The maximum atomic E-state index is 5.82. The molecule has 3 nitrogen and oxygen atoms in total. The van der Waals surface area contributed by atoms with Crippen LogP contribution in [-0.2, 0) is 6.61 Å². The Kier molecular flexibility index (Phi) is 4.10. The van der Waals surface area contributed by atoms with E-state index in [-0.39, 0.29) is 0 Å². The van der Waals surface area contributed by atoms with E-state index in [1.807, 2.05) is 30.3 Å². The number of hydrogen-bond donors (Lipinski definition) is 1. The molecule has 0 heterocycles. The van der Waals surface area contributed by atoms with Crippen molar-refractivity contribution in [2.75, 3.05) is 12.8 Å². The predicted octanol–water partition coefficient (Wildman–Crippen LogP) is 3.62. The van der Waals surface area contributed by atoms with Crippen molar-refractivity contribution in [3.05, 3.63) is 52.5 Å². The lowest BCUT2D eigenvalue weighted by atomic mass is 10.2. The zero-order valence-electron chi connectivity index (χ0n) is 10.0. The Morgan fingerprint density at radius 3 is 2.61 bits per heavy atom. The molecular weight excluding hydrogens is 294 g/mol. The second kappa shape index (κ2) is 5.78. The van der Waals surface area contributed by atoms with Crippen LogP contribution in [0.1, 0.15) is 5.56 Å². The third kappa shape index (κ3) is 2.96. The lowest BCUT2D eigenvalue weighted by molar-refractivity contribution is 0.305. The van der Waals surface area contributed by atoms with Crippen molar-refractivity contribution in [2.24, 2.45) is 0 Å². The van der Waals surface area contributed by atoms with Crippen molar-refractivity contribution in [3.63, 3.8) is 0 Å². The van der Waals surface area contributed by atoms with Gasteiger partial charge in [-0.25, -0.2) is 0 Å². The highest BCUT2D eigenvalue weighted by Crippen LogP contribution is 2.27. The van der Waals surface area contributed by atoms with Crippen molar-refractivity contribution in [2.45, 2.75) is 6.61 Å².